The molecule has 1 amide bonds. The number of non-ortho nitro benzene ring substituents is 1. The highest BCUT2D eigenvalue weighted by Crippen LogP contribution is 2.34. The summed E-state index contributed by atoms with van der Waals surface area (Å²) in [4.78, 5) is 22.6. The summed E-state index contributed by atoms with van der Waals surface area (Å²) in [7, 11) is 0. The number of benzene rings is 2. The Morgan fingerprint density at radius 2 is 1.68 bits per heavy atom. The third-order valence-electron chi connectivity index (χ3n) is 4.09. The first-order valence-corrected chi connectivity index (χ1v) is 9.85. The zero-order valence-electron chi connectivity index (χ0n) is 15.5. The van der Waals surface area contributed by atoms with Crippen molar-refractivity contribution in [3.05, 3.63) is 62.1 Å². The Hall–Kier alpha value is -2.31. The van der Waals surface area contributed by atoms with Gasteiger partial charge in [0.15, 0.2) is 5.75 Å². The summed E-state index contributed by atoms with van der Waals surface area (Å²) in [6, 6.07) is 8.51. The van der Waals surface area contributed by atoms with E-state index in [0.717, 1.165) is 12.8 Å². The molecule has 2 rings (SSSR count). The van der Waals surface area contributed by atoms with Crippen LogP contribution in [0.3, 0.4) is 0 Å². The van der Waals surface area contributed by atoms with Gasteiger partial charge in [-0.2, -0.15) is 0 Å². The highest BCUT2D eigenvalue weighted by atomic mass is 35.5. The van der Waals surface area contributed by atoms with Crippen molar-refractivity contribution in [1.82, 2.24) is 0 Å². The number of amides is 1. The summed E-state index contributed by atoms with van der Waals surface area (Å²) >= 11 is 12.5. The van der Waals surface area contributed by atoms with Gasteiger partial charge >= 0.3 is 0 Å². The van der Waals surface area contributed by atoms with E-state index in [9.17, 15) is 14.9 Å². The minimum atomic E-state index is -0.506. The van der Waals surface area contributed by atoms with E-state index >= 15 is 0 Å². The molecular formula is C20H22Cl2N2O4. The normalized spacial score (nSPS) is 10.5. The van der Waals surface area contributed by atoms with E-state index in [4.69, 9.17) is 27.9 Å². The van der Waals surface area contributed by atoms with Crippen molar-refractivity contribution in [3.8, 4) is 5.75 Å². The molecule has 8 heteroatoms. The Morgan fingerprint density at radius 1 is 1.07 bits per heavy atom. The van der Waals surface area contributed by atoms with Crippen LogP contribution in [0.1, 0.15) is 49.4 Å². The first-order valence-electron chi connectivity index (χ1n) is 9.10. The van der Waals surface area contributed by atoms with E-state index in [1.807, 2.05) is 0 Å². The van der Waals surface area contributed by atoms with E-state index in [1.54, 1.807) is 0 Å². The summed E-state index contributed by atoms with van der Waals surface area (Å²) in [5, 5.41) is 13.8. The lowest BCUT2D eigenvalue weighted by atomic mass is 10.1. The predicted molar refractivity (Wildman–Crippen MR) is 112 cm³/mol. The number of nitro groups is 1. The van der Waals surface area contributed by atoms with Crippen LogP contribution in [0.4, 0.5) is 11.4 Å². The minimum Gasteiger partial charge on any atom is -0.490 e. The van der Waals surface area contributed by atoms with Crippen LogP contribution in [-0.2, 0) is 0 Å². The molecule has 0 aliphatic heterocycles. The summed E-state index contributed by atoms with van der Waals surface area (Å²) in [5.41, 5.74) is 0.638. The Kier molecular flexibility index (Phi) is 8.54. The van der Waals surface area contributed by atoms with Gasteiger partial charge in [-0.15, -0.1) is 0 Å². The molecule has 2 aromatic rings. The lowest BCUT2D eigenvalue weighted by molar-refractivity contribution is -0.384. The molecule has 0 heterocycles. The number of nitro benzene ring substituents is 1. The monoisotopic (exact) mass is 424 g/mol. The Labute approximate surface area is 173 Å². The van der Waals surface area contributed by atoms with Gasteiger partial charge in [-0.3, -0.25) is 14.9 Å². The van der Waals surface area contributed by atoms with Crippen LogP contribution < -0.4 is 10.1 Å². The second kappa shape index (κ2) is 10.9. The maximum Gasteiger partial charge on any atom is 0.269 e. The van der Waals surface area contributed by atoms with E-state index in [-0.39, 0.29) is 21.3 Å². The molecule has 0 aromatic heterocycles. The molecule has 0 aliphatic rings. The maximum absolute atomic E-state index is 12.4. The molecule has 28 heavy (non-hydrogen) atoms. The molecule has 0 fully saturated rings. The number of nitrogens with one attached hydrogen (secondary N) is 1. The molecular weight excluding hydrogens is 403 g/mol. The lowest BCUT2D eigenvalue weighted by Gasteiger charge is -2.12. The predicted octanol–water partition coefficient (Wildman–Crippen LogP) is 6.50. The number of carbonyl (C=O) groups excluding carboxylic acids is 1. The van der Waals surface area contributed by atoms with Crippen molar-refractivity contribution < 1.29 is 14.5 Å². The summed E-state index contributed by atoms with van der Waals surface area (Å²) in [6.07, 6.45) is 5.55. The van der Waals surface area contributed by atoms with Gasteiger partial charge in [-0.1, -0.05) is 55.8 Å². The van der Waals surface area contributed by atoms with Crippen molar-refractivity contribution in [2.75, 3.05) is 11.9 Å². The van der Waals surface area contributed by atoms with Gasteiger partial charge in [-0.05, 0) is 30.7 Å². The zero-order valence-corrected chi connectivity index (χ0v) is 17.1. The van der Waals surface area contributed by atoms with Crippen LogP contribution in [-0.4, -0.2) is 17.4 Å². The van der Waals surface area contributed by atoms with Crippen LogP contribution in [0, 0.1) is 10.1 Å². The van der Waals surface area contributed by atoms with E-state index < -0.39 is 10.8 Å². The number of carbonyl (C=O) groups is 1. The Morgan fingerprint density at radius 3 is 2.25 bits per heavy atom. The first-order chi connectivity index (χ1) is 13.4. The highest BCUT2D eigenvalue weighted by molar-refractivity contribution is 6.37. The number of unbranched alkanes of at least 4 members (excludes halogenated alkanes) is 4. The topological polar surface area (TPSA) is 81.5 Å². The number of hydrogen-bond acceptors (Lipinski definition) is 4. The van der Waals surface area contributed by atoms with Crippen LogP contribution in [0.5, 0.6) is 5.75 Å². The number of ether oxygens (including phenoxy) is 1. The maximum atomic E-state index is 12.4. The summed E-state index contributed by atoms with van der Waals surface area (Å²) in [5.74, 6) is -0.0607. The van der Waals surface area contributed by atoms with Crippen molar-refractivity contribution >= 4 is 40.5 Å². The van der Waals surface area contributed by atoms with Crippen LogP contribution in [0.15, 0.2) is 36.4 Å². The number of hydrogen-bond donors (Lipinski definition) is 1. The second-order valence-electron chi connectivity index (χ2n) is 6.29. The van der Waals surface area contributed by atoms with Crippen molar-refractivity contribution in [2.24, 2.45) is 0 Å². The third kappa shape index (κ3) is 6.39. The van der Waals surface area contributed by atoms with E-state index in [0.29, 0.717) is 18.0 Å². The second-order valence-corrected chi connectivity index (χ2v) is 7.10. The van der Waals surface area contributed by atoms with Gasteiger partial charge in [0.05, 0.1) is 21.6 Å². The molecule has 0 saturated carbocycles. The van der Waals surface area contributed by atoms with Crippen LogP contribution in [0.2, 0.25) is 10.0 Å². The van der Waals surface area contributed by atoms with Gasteiger partial charge < -0.3 is 10.1 Å². The van der Waals surface area contributed by atoms with Crippen molar-refractivity contribution in [2.45, 2.75) is 39.0 Å². The summed E-state index contributed by atoms with van der Waals surface area (Å²) < 4.78 is 5.68. The molecule has 0 atom stereocenters. The summed E-state index contributed by atoms with van der Waals surface area (Å²) in [6.45, 7) is 2.67. The standard InChI is InChI=1S/C20H22Cl2N2O4/c1-2-3-4-5-6-11-28-19-17(21)12-14(13-18(19)22)20(25)23-15-7-9-16(10-8-15)24(26)27/h7-10,12-13H,2-6,11H2,1H3,(H,23,25). The number of nitrogens with zero attached hydrogens (tertiary/aromatic N) is 1. The molecule has 0 aliphatic carbocycles. The molecule has 0 radical (unpaired) electrons. The van der Waals surface area contributed by atoms with Gasteiger partial charge in [0.2, 0.25) is 0 Å². The number of rotatable bonds is 10. The lowest BCUT2D eigenvalue weighted by Crippen LogP contribution is -2.12. The minimum absolute atomic E-state index is 0.0553. The van der Waals surface area contributed by atoms with Gasteiger partial charge in [0.25, 0.3) is 11.6 Å². The van der Waals surface area contributed by atoms with Gasteiger partial charge in [0.1, 0.15) is 0 Å². The molecule has 0 unspecified atom stereocenters. The first kappa shape index (κ1) is 22.0. The highest BCUT2D eigenvalue weighted by Gasteiger charge is 2.15. The van der Waals surface area contributed by atoms with Crippen molar-refractivity contribution in [3.63, 3.8) is 0 Å². The van der Waals surface area contributed by atoms with Gasteiger partial charge in [-0.25, -0.2) is 0 Å². The fraction of sp³-hybridized carbons (Fsp3) is 0.350. The fourth-order valence-corrected chi connectivity index (χ4v) is 3.17. The molecule has 2 aromatic carbocycles. The third-order valence-corrected chi connectivity index (χ3v) is 4.65. The average Bonchev–Trinajstić information content (AvgIpc) is 2.66. The largest absolute Gasteiger partial charge is 0.490 e. The average molecular weight is 425 g/mol. The molecule has 0 bridgehead atoms. The molecule has 0 saturated heterocycles. The smallest absolute Gasteiger partial charge is 0.269 e. The van der Waals surface area contributed by atoms with Gasteiger partial charge in [0, 0.05) is 23.4 Å². The SMILES string of the molecule is CCCCCCCOc1c(Cl)cc(C(=O)Nc2ccc([N+](=O)[O-])cc2)cc1Cl. The molecule has 6 nitrogen and oxygen atoms in total. The quantitative estimate of drug-likeness (QED) is 0.268. The molecule has 150 valence electrons. The fourth-order valence-electron chi connectivity index (χ4n) is 2.58. The zero-order chi connectivity index (χ0) is 20.5. The molecule has 1 N–H and O–H groups in total. The van der Waals surface area contributed by atoms with E-state index in [2.05, 4.69) is 12.2 Å². The Bertz CT molecular complexity index is 802. The van der Waals surface area contributed by atoms with Crippen molar-refractivity contribution in [1.29, 1.82) is 0 Å². The molecule has 0 spiro atoms. The number of halogens is 2. The van der Waals surface area contributed by atoms with Crippen LogP contribution >= 0.6 is 23.2 Å². The number of anilines is 1. The van der Waals surface area contributed by atoms with E-state index in [1.165, 1.54) is 55.7 Å². The van der Waals surface area contributed by atoms with Crippen LogP contribution in [0.25, 0.3) is 0 Å². The Balaban J connectivity index is 1.98.